The van der Waals surface area contributed by atoms with Crippen LogP contribution < -0.4 is 14.8 Å². The zero-order valence-electron chi connectivity index (χ0n) is 19.0. The van der Waals surface area contributed by atoms with Crippen molar-refractivity contribution in [2.24, 2.45) is 5.92 Å². The average molecular weight is 474 g/mol. The number of tetrazole rings is 1. The molecule has 9 nitrogen and oxygen atoms in total. The Morgan fingerprint density at radius 2 is 2.06 bits per heavy atom. The first-order valence-electron chi connectivity index (χ1n) is 11.8. The number of hydrogen-bond donors (Lipinski definition) is 1. The molecule has 1 saturated heterocycles. The molecule has 10 heteroatoms. The molecule has 2 aromatic rings. The quantitative estimate of drug-likeness (QED) is 0.631. The molecule has 2 fully saturated rings. The number of aromatic nitrogens is 4. The van der Waals surface area contributed by atoms with E-state index < -0.39 is 5.54 Å². The Morgan fingerprint density at radius 3 is 2.88 bits per heavy atom. The third kappa shape index (κ3) is 4.76. The predicted molar refractivity (Wildman–Crippen MR) is 125 cm³/mol. The number of anilines is 1. The van der Waals surface area contributed by atoms with Crippen LogP contribution in [-0.2, 0) is 15.1 Å². The largest absolute Gasteiger partial charge is 0.486 e. The fourth-order valence-corrected chi connectivity index (χ4v) is 6.42. The molecule has 2 unspecified atom stereocenters. The van der Waals surface area contributed by atoms with Crippen LogP contribution in [0.5, 0.6) is 11.5 Å². The highest BCUT2D eigenvalue weighted by Crippen LogP contribution is 2.45. The molecule has 178 valence electrons. The van der Waals surface area contributed by atoms with Crippen LogP contribution in [0.3, 0.4) is 0 Å². The number of nitrogens with one attached hydrogen (secondary N) is 1. The van der Waals surface area contributed by atoms with Crippen molar-refractivity contribution in [1.82, 2.24) is 20.2 Å². The van der Waals surface area contributed by atoms with E-state index in [2.05, 4.69) is 20.8 Å². The molecule has 1 aromatic carbocycles. The number of esters is 1. The van der Waals surface area contributed by atoms with Crippen LogP contribution in [0, 0.1) is 5.92 Å². The summed E-state index contributed by atoms with van der Waals surface area (Å²) in [6.07, 6.45) is 6.15. The third-order valence-corrected chi connectivity index (χ3v) is 7.97. The Bertz CT molecular complexity index is 980. The predicted octanol–water partition coefficient (Wildman–Crippen LogP) is 3.57. The number of carbonyl (C=O) groups excluding carboxylic acids is 1. The number of benzene rings is 1. The minimum Gasteiger partial charge on any atom is -0.486 e. The van der Waals surface area contributed by atoms with Crippen LogP contribution >= 0.6 is 11.8 Å². The molecule has 3 heterocycles. The van der Waals surface area contributed by atoms with Crippen LogP contribution in [-0.4, -0.2) is 58.0 Å². The molecule has 0 amide bonds. The minimum atomic E-state index is -0.477. The van der Waals surface area contributed by atoms with Crippen molar-refractivity contribution in [2.45, 2.75) is 56.5 Å². The van der Waals surface area contributed by atoms with Gasteiger partial charge in [-0.15, -0.1) is 5.10 Å². The number of ether oxygens (including phenoxy) is 3. The summed E-state index contributed by atoms with van der Waals surface area (Å²) >= 11 is 1.99. The topological polar surface area (TPSA) is 100 Å². The molecule has 2 atom stereocenters. The van der Waals surface area contributed by atoms with E-state index in [1.165, 1.54) is 7.11 Å². The van der Waals surface area contributed by atoms with E-state index in [0.717, 1.165) is 73.0 Å². The van der Waals surface area contributed by atoms with Gasteiger partial charge in [0.25, 0.3) is 0 Å². The average Bonchev–Trinajstić information content (AvgIpc) is 3.36. The third-order valence-electron chi connectivity index (χ3n) is 6.92. The molecule has 33 heavy (non-hydrogen) atoms. The van der Waals surface area contributed by atoms with E-state index in [0.29, 0.717) is 25.7 Å². The molecule has 1 aromatic heterocycles. The summed E-state index contributed by atoms with van der Waals surface area (Å²) in [5, 5.41) is 16.9. The number of rotatable bonds is 6. The molecular weight excluding hydrogens is 442 g/mol. The summed E-state index contributed by atoms with van der Waals surface area (Å²) in [5.41, 5.74) is 0.459. The standard InChI is InChI=1S/C23H31N5O4S/c1-30-21(29)13-16-3-2-8-23(15-16,22-25-26-27-28(22)18-6-11-33-12-7-18)24-17-4-5-19-20(14-17)32-10-9-31-19/h4-5,14,16,18,24H,2-3,6-13,15H2,1H3. The lowest BCUT2D eigenvalue weighted by Gasteiger charge is -2.42. The zero-order chi connectivity index (χ0) is 22.7. The maximum absolute atomic E-state index is 12.1. The lowest BCUT2D eigenvalue weighted by Crippen LogP contribution is -2.44. The van der Waals surface area contributed by atoms with E-state index in [1.807, 2.05) is 34.6 Å². The van der Waals surface area contributed by atoms with E-state index in [-0.39, 0.29) is 11.9 Å². The summed E-state index contributed by atoms with van der Waals surface area (Å²) in [7, 11) is 1.45. The number of nitrogens with zero attached hydrogens (tertiary/aromatic N) is 4. The van der Waals surface area contributed by atoms with Gasteiger partial charge in [-0.2, -0.15) is 11.8 Å². The summed E-state index contributed by atoms with van der Waals surface area (Å²) in [4.78, 5) is 12.1. The molecule has 5 rings (SSSR count). The second kappa shape index (κ2) is 9.79. The Labute approximate surface area is 197 Å². The van der Waals surface area contributed by atoms with Crippen molar-refractivity contribution in [3.05, 3.63) is 24.0 Å². The number of thioether (sulfide) groups is 1. The maximum atomic E-state index is 12.1. The number of carbonyl (C=O) groups is 1. The van der Waals surface area contributed by atoms with Gasteiger partial charge in [0.15, 0.2) is 17.3 Å². The molecule has 0 radical (unpaired) electrons. The van der Waals surface area contributed by atoms with Gasteiger partial charge in [-0.25, -0.2) is 4.68 Å². The fourth-order valence-electron chi connectivity index (χ4n) is 5.34. The first kappa shape index (κ1) is 22.3. The first-order chi connectivity index (χ1) is 16.2. The number of methoxy groups -OCH3 is 1. The van der Waals surface area contributed by atoms with Gasteiger partial charge in [0.1, 0.15) is 13.2 Å². The maximum Gasteiger partial charge on any atom is 0.305 e. The van der Waals surface area contributed by atoms with Crippen molar-refractivity contribution in [3.63, 3.8) is 0 Å². The lowest BCUT2D eigenvalue weighted by atomic mass is 9.73. The van der Waals surface area contributed by atoms with Crippen LogP contribution in [0.25, 0.3) is 0 Å². The van der Waals surface area contributed by atoms with Crippen molar-refractivity contribution in [1.29, 1.82) is 0 Å². The second-order valence-corrected chi connectivity index (χ2v) is 10.3. The van der Waals surface area contributed by atoms with E-state index in [4.69, 9.17) is 14.2 Å². The van der Waals surface area contributed by atoms with Crippen LogP contribution in [0.4, 0.5) is 5.69 Å². The fraction of sp³-hybridized carbons (Fsp3) is 0.652. The van der Waals surface area contributed by atoms with Crippen molar-refractivity contribution in [2.75, 3.05) is 37.1 Å². The SMILES string of the molecule is COC(=O)CC1CCCC(Nc2ccc3c(c2)OCCO3)(c2nnnn2C2CCSCC2)C1. The lowest BCUT2D eigenvalue weighted by molar-refractivity contribution is -0.142. The van der Waals surface area contributed by atoms with Gasteiger partial charge < -0.3 is 19.5 Å². The summed E-state index contributed by atoms with van der Waals surface area (Å²) in [6, 6.07) is 6.26. The van der Waals surface area contributed by atoms with Gasteiger partial charge in [-0.1, -0.05) is 6.42 Å². The highest BCUT2D eigenvalue weighted by molar-refractivity contribution is 7.99. The Morgan fingerprint density at radius 1 is 1.24 bits per heavy atom. The smallest absolute Gasteiger partial charge is 0.305 e. The van der Waals surface area contributed by atoms with Gasteiger partial charge in [0.05, 0.1) is 18.7 Å². The second-order valence-electron chi connectivity index (χ2n) is 9.10. The number of hydrogen-bond acceptors (Lipinski definition) is 9. The van der Waals surface area contributed by atoms with Gasteiger partial charge in [-0.05, 0) is 72.1 Å². The summed E-state index contributed by atoms with van der Waals surface area (Å²) in [6.45, 7) is 1.11. The van der Waals surface area contributed by atoms with Crippen LogP contribution in [0.2, 0.25) is 0 Å². The molecule has 0 spiro atoms. The molecule has 2 aliphatic heterocycles. The minimum absolute atomic E-state index is 0.168. The Kier molecular flexibility index (Phi) is 6.62. The summed E-state index contributed by atoms with van der Waals surface area (Å²) in [5.74, 6) is 4.64. The van der Waals surface area contributed by atoms with E-state index >= 15 is 0 Å². The molecule has 3 aliphatic rings. The van der Waals surface area contributed by atoms with Crippen molar-refractivity contribution >= 4 is 23.4 Å². The Balaban J connectivity index is 1.49. The molecule has 1 aliphatic carbocycles. The number of fused-ring (bicyclic) bond motifs is 1. The zero-order valence-corrected chi connectivity index (χ0v) is 19.8. The van der Waals surface area contributed by atoms with Gasteiger partial charge in [0.2, 0.25) is 0 Å². The molecule has 1 saturated carbocycles. The summed E-state index contributed by atoms with van der Waals surface area (Å²) < 4.78 is 18.5. The van der Waals surface area contributed by atoms with Gasteiger partial charge in [0, 0.05) is 18.2 Å². The van der Waals surface area contributed by atoms with Gasteiger partial charge in [-0.3, -0.25) is 4.79 Å². The van der Waals surface area contributed by atoms with Crippen molar-refractivity contribution in [3.8, 4) is 11.5 Å². The molecule has 1 N–H and O–H groups in total. The normalized spacial score (nSPS) is 25.4. The molecule has 0 bridgehead atoms. The monoisotopic (exact) mass is 473 g/mol. The Hall–Kier alpha value is -2.49. The van der Waals surface area contributed by atoms with E-state index in [1.54, 1.807) is 0 Å². The van der Waals surface area contributed by atoms with Crippen molar-refractivity contribution < 1.29 is 19.0 Å². The first-order valence-corrected chi connectivity index (χ1v) is 12.9. The van der Waals surface area contributed by atoms with Crippen LogP contribution in [0.1, 0.15) is 56.8 Å². The van der Waals surface area contributed by atoms with Crippen LogP contribution in [0.15, 0.2) is 18.2 Å². The highest BCUT2D eigenvalue weighted by Gasteiger charge is 2.44. The van der Waals surface area contributed by atoms with E-state index in [9.17, 15) is 4.79 Å². The van der Waals surface area contributed by atoms with Gasteiger partial charge >= 0.3 is 5.97 Å². The molecular formula is C23H31N5O4S. The highest BCUT2D eigenvalue weighted by atomic mass is 32.2.